The van der Waals surface area contributed by atoms with Gasteiger partial charge in [0.1, 0.15) is 5.82 Å². The normalized spacial score (nSPS) is 10.9. The van der Waals surface area contributed by atoms with Crippen molar-refractivity contribution in [3.63, 3.8) is 0 Å². The van der Waals surface area contributed by atoms with E-state index in [0.717, 1.165) is 22.2 Å². The monoisotopic (exact) mass is 269 g/mol. The summed E-state index contributed by atoms with van der Waals surface area (Å²) in [5.74, 6) is 0.728. The third-order valence-corrected chi connectivity index (χ3v) is 3.39. The number of aromatic nitrogens is 4. The smallest absolute Gasteiger partial charge is 0.258 e. The molecule has 3 N–H and O–H groups in total. The first-order chi connectivity index (χ1) is 9.54. The molecule has 0 bridgehead atoms. The van der Waals surface area contributed by atoms with E-state index in [1.54, 1.807) is 13.0 Å². The van der Waals surface area contributed by atoms with Gasteiger partial charge in [0.05, 0.1) is 0 Å². The molecular formula is C14H15N5O. The van der Waals surface area contributed by atoms with Crippen LogP contribution in [0.1, 0.15) is 27.4 Å². The number of aryl methyl sites for hydroxylation is 3. The highest BCUT2D eigenvalue weighted by molar-refractivity contribution is 6.05. The number of anilines is 1. The molecule has 1 aromatic carbocycles. The fourth-order valence-electron chi connectivity index (χ4n) is 2.17. The summed E-state index contributed by atoms with van der Waals surface area (Å²) in [7, 11) is 0. The first-order valence-electron chi connectivity index (χ1n) is 6.34. The Balaban J connectivity index is 1.93. The minimum atomic E-state index is -0.218. The Bertz CT molecular complexity index is 799. The lowest BCUT2D eigenvalue weighted by atomic mass is 10.1. The van der Waals surface area contributed by atoms with Gasteiger partial charge in [0.2, 0.25) is 5.95 Å². The molecular weight excluding hydrogens is 254 g/mol. The second kappa shape index (κ2) is 4.48. The molecule has 6 heteroatoms. The Labute approximate surface area is 115 Å². The van der Waals surface area contributed by atoms with Crippen molar-refractivity contribution in [1.82, 2.24) is 20.2 Å². The summed E-state index contributed by atoms with van der Waals surface area (Å²) < 4.78 is 0. The maximum absolute atomic E-state index is 12.2. The van der Waals surface area contributed by atoms with Crippen molar-refractivity contribution in [2.45, 2.75) is 20.8 Å². The molecule has 0 spiro atoms. The van der Waals surface area contributed by atoms with Crippen LogP contribution in [0.4, 0.5) is 5.95 Å². The van der Waals surface area contributed by atoms with E-state index < -0.39 is 0 Å². The lowest BCUT2D eigenvalue weighted by Crippen LogP contribution is -2.12. The van der Waals surface area contributed by atoms with E-state index in [0.29, 0.717) is 11.4 Å². The summed E-state index contributed by atoms with van der Waals surface area (Å²) in [4.78, 5) is 19.5. The van der Waals surface area contributed by atoms with Gasteiger partial charge in [0.15, 0.2) is 0 Å². The molecule has 0 saturated heterocycles. The molecule has 0 aliphatic rings. The van der Waals surface area contributed by atoms with E-state index in [1.165, 1.54) is 0 Å². The molecule has 0 atom stereocenters. The standard InChI is InChI=1S/C14H15N5O/c1-7-8(2)15-12-5-4-10(6-11(7)12)13(20)17-14-16-9(3)18-19-14/h4-6,15H,1-3H3,(H2,16,17,18,19,20). The summed E-state index contributed by atoms with van der Waals surface area (Å²) >= 11 is 0. The summed E-state index contributed by atoms with van der Waals surface area (Å²) in [6, 6.07) is 5.57. The van der Waals surface area contributed by atoms with Crippen LogP contribution in [0.3, 0.4) is 0 Å². The number of aromatic amines is 2. The number of amides is 1. The van der Waals surface area contributed by atoms with Crippen molar-refractivity contribution in [1.29, 1.82) is 0 Å². The molecule has 0 saturated carbocycles. The van der Waals surface area contributed by atoms with Crippen LogP contribution in [0.15, 0.2) is 18.2 Å². The second-order valence-corrected chi connectivity index (χ2v) is 4.83. The van der Waals surface area contributed by atoms with Crippen molar-refractivity contribution in [3.8, 4) is 0 Å². The van der Waals surface area contributed by atoms with E-state index in [1.807, 2.05) is 26.0 Å². The number of rotatable bonds is 2. The molecule has 102 valence electrons. The summed E-state index contributed by atoms with van der Waals surface area (Å²) in [6.07, 6.45) is 0. The van der Waals surface area contributed by atoms with E-state index in [9.17, 15) is 4.79 Å². The number of H-pyrrole nitrogens is 2. The van der Waals surface area contributed by atoms with Gasteiger partial charge in [-0.2, -0.15) is 4.98 Å². The van der Waals surface area contributed by atoms with E-state index in [2.05, 4.69) is 25.5 Å². The van der Waals surface area contributed by atoms with Gasteiger partial charge in [0.25, 0.3) is 5.91 Å². The number of fused-ring (bicyclic) bond motifs is 1. The second-order valence-electron chi connectivity index (χ2n) is 4.83. The Morgan fingerprint density at radius 1 is 1.25 bits per heavy atom. The number of carbonyl (C=O) groups is 1. The van der Waals surface area contributed by atoms with Crippen LogP contribution in [0.2, 0.25) is 0 Å². The quantitative estimate of drug-likeness (QED) is 0.668. The van der Waals surface area contributed by atoms with Gasteiger partial charge in [-0.1, -0.05) is 0 Å². The molecule has 3 aromatic rings. The number of benzene rings is 1. The number of nitrogens with zero attached hydrogens (tertiary/aromatic N) is 2. The number of hydrogen-bond acceptors (Lipinski definition) is 3. The average Bonchev–Trinajstić information content (AvgIpc) is 2.94. The summed E-state index contributed by atoms with van der Waals surface area (Å²) in [5.41, 5.74) is 3.89. The third kappa shape index (κ3) is 2.05. The predicted octanol–water partition coefficient (Wildman–Crippen LogP) is 2.46. The number of hydrogen-bond donors (Lipinski definition) is 3. The molecule has 3 rings (SSSR count). The molecule has 0 aliphatic heterocycles. The maximum Gasteiger partial charge on any atom is 0.258 e. The van der Waals surface area contributed by atoms with Crippen LogP contribution in [-0.2, 0) is 0 Å². The van der Waals surface area contributed by atoms with Gasteiger partial charge in [0, 0.05) is 22.2 Å². The third-order valence-electron chi connectivity index (χ3n) is 3.39. The van der Waals surface area contributed by atoms with Gasteiger partial charge in [-0.15, -0.1) is 5.10 Å². The van der Waals surface area contributed by atoms with Crippen LogP contribution in [0, 0.1) is 20.8 Å². The van der Waals surface area contributed by atoms with Gasteiger partial charge in [-0.25, -0.2) is 0 Å². The molecule has 20 heavy (non-hydrogen) atoms. The van der Waals surface area contributed by atoms with Crippen LogP contribution in [0.25, 0.3) is 10.9 Å². The van der Waals surface area contributed by atoms with Crippen LogP contribution < -0.4 is 5.32 Å². The zero-order chi connectivity index (χ0) is 14.3. The number of nitrogens with one attached hydrogen (secondary N) is 3. The largest absolute Gasteiger partial charge is 0.358 e. The van der Waals surface area contributed by atoms with Gasteiger partial charge < -0.3 is 4.98 Å². The number of carbonyl (C=O) groups excluding carboxylic acids is 1. The summed E-state index contributed by atoms with van der Waals surface area (Å²) in [5, 5.41) is 10.3. The lowest BCUT2D eigenvalue weighted by molar-refractivity contribution is 0.102. The lowest BCUT2D eigenvalue weighted by Gasteiger charge is -2.01. The minimum Gasteiger partial charge on any atom is -0.358 e. The molecule has 6 nitrogen and oxygen atoms in total. The van der Waals surface area contributed by atoms with Crippen molar-refractivity contribution in [2.75, 3.05) is 5.32 Å². The molecule has 0 unspecified atom stereocenters. The zero-order valence-electron chi connectivity index (χ0n) is 11.5. The average molecular weight is 269 g/mol. The minimum absolute atomic E-state index is 0.218. The Hall–Kier alpha value is -2.63. The molecule has 0 fully saturated rings. The fraction of sp³-hybridized carbons (Fsp3) is 0.214. The molecule has 2 heterocycles. The highest BCUT2D eigenvalue weighted by Gasteiger charge is 2.11. The van der Waals surface area contributed by atoms with E-state index in [-0.39, 0.29) is 11.9 Å². The van der Waals surface area contributed by atoms with E-state index in [4.69, 9.17) is 0 Å². The van der Waals surface area contributed by atoms with Crippen LogP contribution >= 0.6 is 0 Å². The highest BCUT2D eigenvalue weighted by atomic mass is 16.1. The molecule has 0 aliphatic carbocycles. The summed E-state index contributed by atoms with van der Waals surface area (Å²) in [6.45, 7) is 5.83. The van der Waals surface area contributed by atoms with Crippen molar-refractivity contribution in [2.24, 2.45) is 0 Å². The molecule has 1 amide bonds. The van der Waals surface area contributed by atoms with Crippen LogP contribution in [0.5, 0.6) is 0 Å². The Morgan fingerprint density at radius 2 is 2.05 bits per heavy atom. The van der Waals surface area contributed by atoms with Crippen molar-refractivity contribution >= 4 is 22.8 Å². The Kier molecular flexibility index (Phi) is 2.78. The highest BCUT2D eigenvalue weighted by Crippen LogP contribution is 2.22. The van der Waals surface area contributed by atoms with Crippen LogP contribution in [-0.4, -0.2) is 26.1 Å². The predicted molar refractivity (Wildman–Crippen MR) is 76.8 cm³/mol. The molecule has 2 aromatic heterocycles. The van der Waals surface area contributed by atoms with Gasteiger partial charge in [-0.05, 0) is 44.5 Å². The van der Waals surface area contributed by atoms with Gasteiger partial charge >= 0.3 is 0 Å². The van der Waals surface area contributed by atoms with Crippen molar-refractivity contribution in [3.05, 3.63) is 40.8 Å². The van der Waals surface area contributed by atoms with Crippen molar-refractivity contribution < 1.29 is 4.79 Å². The van der Waals surface area contributed by atoms with Gasteiger partial charge in [-0.3, -0.25) is 15.2 Å². The Morgan fingerprint density at radius 3 is 2.75 bits per heavy atom. The zero-order valence-corrected chi connectivity index (χ0v) is 11.5. The van der Waals surface area contributed by atoms with E-state index >= 15 is 0 Å². The topological polar surface area (TPSA) is 86.5 Å². The maximum atomic E-state index is 12.2. The molecule has 0 radical (unpaired) electrons. The fourth-order valence-corrected chi connectivity index (χ4v) is 2.17. The first-order valence-corrected chi connectivity index (χ1v) is 6.34. The SMILES string of the molecule is Cc1nc(NC(=O)c2ccc3[nH]c(C)c(C)c3c2)n[nH]1. The first kappa shape index (κ1) is 12.4.